The Kier molecular flexibility index (Phi) is 15.4. The summed E-state index contributed by atoms with van der Waals surface area (Å²) in [5, 5.41) is 0. The fourth-order valence-corrected chi connectivity index (χ4v) is 2.29. The van der Waals surface area contributed by atoms with Gasteiger partial charge >= 0.3 is 104 Å². The number of halogens is 36. The maximum Gasteiger partial charge on any atom is 0.692 e. The minimum atomic E-state index is -8.72. The van der Waals surface area contributed by atoms with Gasteiger partial charge in [0.05, 0.1) is 0 Å². The molecule has 0 rings (SSSR count). The summed E-state index contributed by atoms with van der Waals surface area (Å²) in [6.45, 7) is 0. The standard InChI is InChI=1S/2C8F18.HO3P/c2*9-1(10,3(13,14)5(17,18)7(21,22)23)2(11,12)4(15,16)6(19,20)8(24,25)26;1-4(2)3/h;;(H-,1,2,3)/p+1. The van der Waals surface area contributed by atoms with E-state index in [-0.39, 0.29) is 0 Å². The number of hydrogen-bond acceptors (Lipinski definition) is 1. The zero-order valence-corrected chi connectivity index (χ0v) is 24.3. The summed E-state index contributed by atoms with van der Waals surface area (Å²) in [6.07, 6.45) is -31.2. The summed E-state index contributed by atoms with van der Waals surface area (Å²) in [7, 11) is -2.87. The number of hydrogen-bond donors (Lipinski definition) is 2. The van der Waals surface area contributed by atoms with E-state index < -0.39 is 104 Å². The van der Waals surface area contributed by atoms with E-state index in [1.807, 2.05) is 0 Å². The highest BCUT2D eigenvalue weighted by atomic mass is 31.1. The molecule has 0 saturated heterocycles. The first-order chi connectivity index (χ1) is 23.2. The molecule has 0 bridgehead atoms. The van der Waals surface area contributed by atoms with Crippen molar-refractivity contribution < 1.29 is 172 Å². The second-order valence-corrected chi connectivity index (χ2v) is 9.64. The molecule has 0 aromatic carbocycles. The highest BCUT2D eigenvalue weighted by molar-refractivity contribution is 7.30. The second kappa shape index (κ2) is 15.0. The van der Waals surface area contributed by atoms with Crippen molar-refractivity contribution in [2.45, 2.75) is 95.8 Å². The third-order valence-electron chi connectivity index (χ3n) is 5.37. The Morgan fingerprint density at radius 3 is 0.304 bits per heavy atom. The first kappa shape index (κ1) is 57.8. The third kappa shape index (κ3) is 8.61. The van der Waals surface area contributed by atoms with E-state index in [0.717, 1.165) is 0 Å². The Hall–Kier alpha value is -2.50. The monoisotopic (exact) mass is 957 g/mol. The van der Waals surface area contributed by atoms with Crippen LogP contribution in [0.25, 0.3) is 0 Å². The Labute approximate surface area is 278 Å². The largest absolute Gasteiger partial charge is 0.692 e. The SMILES string of the molecule is FC(F)(F)C(F)(F)C(F)(F)C(F)(F)C(F)(F)C(F)(F)C(F)(F)C(F)(F)F.FC(F)(F)C(F)(F)C(F)(F)C(F)(F)C(F)(F)C(F)(F)C(F)(F)C(F)(F)F.O=[P+](O)O. The molecular weight excluding hydrogens is 955 g/mol. The Morgan fingerprint density at radius 1 is 0.196 bits per heavy atom. The molecule has 0 aliphatic heterocycles. The molecule has 0 heterocycles. The van der Waals surface area contributed by atoms with Crippen molar-refractivity contribution in [1.82, 2.24) is 0 Å². The lowest BCUT2D eigenvalue weighted by Gasteiger charge is -2.41. The van der Waals surface area contributed by atoms with Gasteiger partial charge in [0.2, 0.25) is 0 Å². The number of alkyl halides is 36. The van der Waals surface area contributed by atoms with Crippen molar-refractivity contribution in [2.75, 3.05) is 0 Å². The van der Waals surface area contributed by atoms with Gasteiger partial charge in [0.15, 0.2) is 0 Å². The van der Waals surface area contributed by atoms with Gasteiger partial charge in [-0.05, 0) is 0 Å². The van der Waals surface area contributed by atoms with Gasteiger partial charge in [-0.15, -0.1) is 9.79 Å². The molecule has 2 N–H and O–H groups in total. The fraction of sp³-hybridized carbons (Fsp3) is 1.00. The molecule has 0 saturated carbocycles. The van der Waals surface area contributed by atoms with Gasteiger partial charge in [-0.1, -0.05) is 0 Å². The van der Waals surface area contributed by atoms with Crippen molar-refractivity contribution in [2.24, 2.45) is 0 Å². The molecule has 0 fully saturated rings. The summed E-state index contributed by atoms with van der Waals surface area (Å²) in [5.74, 6) is -102. The second-order valence-electron chi connectivity index (χ2n) is 9.14. The van der Waals surface area contributed by atoms with Crippen molar-refractivity contribution in [3.05, 3.63) is 0 Å². The lowest BCUT2D eigenvalue weighted by Crippen LogP contribution is -2.74. The van der Waals surface area contributed by atoms with Gasteiger partial charge < -0.3 is 0 Å². The summed E-state index contributed by atoms with van der Waals surface area (Å²) in [4.78, 5) is 14.2. The first-order valence-corrected chi connectivity index (χ1v) is 12.1. The minimum Gasteiger partial charge on any atom is -0.192 e. The van der Waals surface area contributed by atoms with Crippen LogP contribution >= 0.6 is 8.25 Å². The average molecular weight is 957 g/mol. The molecule has 0 spiro atoms. The van der Waals surface area contributed by atoms with Crippen molar-refractivity contribution in [3.63, 3.8) is 0 Å². The van der Waals surface area contributed by atoms with Crippen molar-refractivity contribution in [1.29, 1.82) is 0 Å². The predicted molar refractivity (Wildman–Crippen MR) is 95.6 cm³/mol. The zero-order valence-electron chi connectivity index (χ0n) is 23.4. The van der Waals surface area contributed by atoms with Crippen LogP contribution in [0.1, 0.15) is 0 Å². The van der Waals surface area contributed by atoms with E-state index >= 15 is 0 Å². The van der Waals surface area contributed by atoms with E-state index in [2.05, 4.69) is 0 Å². The van der Waals surface area contributed by atoms with E-state index in [4.69, 9.17) is 14.4 Å². The molecule has 0 aliphatic rings. The highest BCUT2D eigenvalue weighted by Gasteiger charge is 2.97. The average Bonchev–Trinajstić information content (AvgIpc) is 2.89. The van der Waals surface area contributed by atoms with Gasteiger partial charge in [-0.25, -0.2) is 0 Å². The summed E-state index contributed by atoms with van der Waals surface area (Å²) >= 11 is 0. The Morgan fingerprint density at radius 2 is 0.250 bits per heavy atom. The molecule has 0 aromatic heterocycles. The smallest absolute Gasteiger partial charge is 0.192 e. The van der Waals surface area contributed by atoms with Crippen LogP contribution in [-0.2, 0) is 4.57 Å². The molecule has 3 nitrogen and oxygen atoms in total. The molecule has 0 amide bonds. The van der Waals surface area contributed by atoms with Crippen LogP contribution in [0.2, 0.25) is 0 Å². The third-order valence-corrected chi connectivity index (χ3v) is 5.37. The van der Waals surface area contributed by atoms with Gasteiger partial charge in [-0.2, -0.15) is 158 Å². The molecule has 0 unspecified atom stereocenters. The van der Waals surface area contributed by atoms with Crippen LogP contribution in [0.4, 0.5) is 158 Å². The minimum absolute atomic E-state index is 2.87. The fourth-order valence-electron chi connectivity index (χ4n) is 2.29. The van der Waals surface area contributed by atoms with E-state index in [9.17, 15) is 158 Å². The van der Waals surface area contributed by atoms with Crippen LogP contribution < -0.4 is 0 Å². The molecule has 56 heavy (non-hydrogen) atoms. The lowest BCUT2D eigenvalue weighted by atomic mass is 9.91. The van der Waals surface area contributed by atoms with Gasteiger partial charge in [0, 0.05) is 4.57 Å². The van der Waals surface area contributed by atoms with E-state index in [1.54, 1.807) is 0 Å². The summed E-state index contributed by atoms with van der Waals surface area (Å²) in [6, 6.07) is 0. The van der Waals surface area contributed by atoms with Gasteiger partial charge in [0.25, 0.3) is 0 Å². The Balaban J connectivity index is -0.000000914. The normalized spacial score (nSPS) is 16.1. The maximum atomic E-state index is 12.8. The molecule has 0 atom stereocenters. The Bertz CT molecular complexity index is 1150. The zero-order chi connectivity index (χ0) is 47.6. The predicted octanol–water partition coefficient (Wildman–Crippen LogP) is 11.5. The van der Waals surface area contributed by atoms with E-state index in [1.165, 1.54) is 0 Å². The maximum absolute atomic E-state index is 12.8. The van der Waals surface area contributed by atoms with Crippen LogP contribution in [0.3, 0.4) is 0 Å². The van der Waals surface area contributed by atoms with Crippen LogP contribution in [0.15, 0.2) is 0 Å². The summed E-state index contributed by atoms with van der Waals surface area (Å²) in [5.41, 5.74) is 0. The highest BCUT2D eigenvalue weighted by Crippen LogP contribution is 2.66. The quantitative estimate of drug-likeness (QED) is 0.169. The van der Waals surface area contributed by atoms with Crippen molar-refractivity contribution in [3.8, 4) is 0 Å². The topological polar surface area (TPSA) is 57.5 Å². The summed E-state index contributed by atoms with van der Waals surface area (Å²) < 4.78 is 450. The van der Waals surface area contributed by atoms with Gasteiger partial charge in [0.1, 0.15) is 0 Å². The molecular formula is C16H2F36O3P+. The van der Waals surface area contributed by atoms with Crippen LogP contribution in [0.5, 0.6) is 0 Å². The molecule has 0 radical (unpaired) electrons. The molecule has 0 aliphatic carbocycles. The number of rotatable bonds is 10. The van der Waals surface area contributed by atoms with Crippen LogP contribution in [0, 0.1) is 0 Å². The molecule has 40 heteroatoms. The van der Waals surface area contributed by atoms with Crippen molar-refractivity contribution >= 4 is 8.25 Å². The van der Waals surface area contributed by atoms with Gasteiger partial charge in [-0.3, -0.25) is 0 Å². The van der Waals surface area contributed by atoms with Crippen LogP contribution in [-0.4, -0.2) is 106 Å². The molecule has 0 aromatic rings. The first-order valence-electron chi connectivity index (χ1n) is 10.9. The lowest BCUT2D eigenvalue weighted by molar-refractivity contribution is -0.468. The van der Waals surface area contributed by atoms with E-state index in [0.29, 0.717) is 0 Å². The molecule has 340 valence electrons.